The molecule has 0 atom stereocenters. The van der Waals surface area contributed by atoms with Gasteiger partial charge in [-0.25, -0.2) is 13.2 Å². The van der Waals surface area contributed by atoms with Crippen molar-refractivity contribution in [1.29, 1.82) is 0 Å². The molecule has 1 N–H and O–H groups in total. The second kappa shape index (κ2) is 9.72. The van der Waals surface area contributed by atoms with Crippen LogP contribution in [0.2, 0.25) is 0 Å². The molecule has 0 amide bonds. The fourth-order valence-corrected chi connectivity index (χ4v) is 4.70. The zero-order chi connectivity index (χ0) is 25.2. The summed E-state index contributed by atoms with van der Waals surface area (Å²) in [6, 6.07) is 13.7. The molecule has 0 aromatic heterocycles. The maximum absolute atomic E-state index is 12.9. The number of anilines is 1. The molecule has 3 aromatic carbocycles. The molecule has 0 saturated carbocycles. The molecule has 182 valence electrons. The van der Waals surface area contributed by atoms with Crippen molar-refractivity contribution in [3.63, 3.8) is 0 Å². The average molecular weight is 499 g/mol. The molecule has 0 spiro atoms. The van der Waals surface area contributed by atoms with Gasteiger partial charge in [0.15, 0.2) is 6.79 Å². The number of aryl methyl sites for hydroxylation is 2. The van der Waals surface area contributed by atoms with Gasteiger partial charge in [0.1, 0.15) is 12.4 Å². The highest BCUT2D eigenvalue weighted by Crippen LogP contribution is 2.33. The summed E-state index contributed by atoms with van der Waals surface area (Å²) in [5.74, 6) is -0.410. The van der Waals surface area contributed by atoms with Crippen molar-refractivity contribution in [3.05, 3.63) is 92.5 Å². The van der Waals surface area contributed by atoms with Crippen LogP contribution >= 0.6 is 0 Å². The highest BCUT2D eigenvalue weighted by atomic mass is 32.2. The third kappa shape index (κ3) is 5.42. The lowest BCUT2D eigenvalue weighted by molar-refractivity contribution is -0.385. The molecular weight excluding hydrogens is 476 g/mol. The molecule has 0 fully saturated rings. The van der Waals surface area contributed by atoms with Crippen LogP contribution in [0.1, 0.15) is 32.6 Å². The standard InChI is InChI=1S/C24H22N2O8S/c1-15-4-3-5-19(8-15)25-35(30,31)21-7-6-16(2)22(11-21)24(27)33-13-18-10-20(26(28)29)9-17-12-32-14-34-23(17)18/h3-11,25H,12-14H2,1-2H3. The molecule has 10 nitrogen and oxygen atoms in total. The molecule has 1 aliphatic heterocycles. The Labute approximate surface area is 201 Å². The molecule has 0 bridgehead atoms. The number of hydrogen-bond donors (Lipinski definition) is 1. The van der Waals surface area contributed by atoms with Crippen molar-refractivity contribution >= 4 is 27.4 Å². The van der Waals surface area contributed by atoms with Gasteiger partial charge in [0.2, 0.25) is 0 Å². The summed E-state index contributed by atoms with van der Waals surface area (Å²) in [7, 11) is -3.96. The molecule has 0 unspecified atom stereocenters. The average Bonchev–Trinajstić information content (AvgIpc) is 2.82. The van der Waals surface area contributed by atoms with E-state index in [1.807, 2.05) is 13.0 Å². The van der Waals surface area contributed by atoms with E-state index in [0.717, 1.165) is 5.56 Å². The summed E-state index contributed by atoms with van der Waals surface area (Å²) < 4.78 is 44.3. The molecule has 35 heavy (non-hydrogen) atoms. The first-order chi connectivity index (χ1) is 16.6. The van der Waals surface area contributed by atoms with Gasteiger partial charge in [-0.3, -0.25) is 14.8 Å². The second-order valence-electron chi connectivity index (χ2n) is 7.99. The van der Waals surface area contributed by atoms with E-state index in [1.54, 1.807) is 25.1 Å². The fourth-order valence-electron chi connectivity index (χ4n) is 3.63. The van der Waals surface area contributed by atoms with Gasteiger partial charge in [0, 0.05) is 28.9 Å². The first-order valence-corrected chi connectivity index (χ1v) is 12.0. The number of hydrogen-bond acceptors (Lipinski definition) is 8. The van der Waals surface area contributed by atoms with Crippen molar-refractivity contribution in [2.24, 2.45) is 0 Å². The highest BCUT2D eigenvalue weighted by Gasteiger charge is 2.23. The quantitative estimate of drug-likeness (QED) is 0.290. The predicted molar refractivity (Wildman–Crippen MR) is 126 cm³/mol. The number of sulfonamides is 1. The summed E-state index contributed by atoms with van der Waals surface area (Å²) in [4.78, 5) is 23.5. The number of carbonyl (C=O) groups is 1. The number of non-ortho nitro benzene ring substituents is 1. The molecule has 1 aliphatic rings. The monoisotopic (exact) mass is 498 g/mol. The Kier molecular flexibility index (Phi) is 6.72. The number of ether oxygens (including phenoxy) is 3. The zero-order valence-corrected chi connectivity index (χ0v) is 19.8. The van der Waals surface area contributed by atoms with Gasteiger partial charge in [0.05, 0.1) is 22.0 Å². The maximum Gasteiger partial charge on any atom is 0.338 e. The normalized spacial score (nSPS) is 12.9. The predicted octanol–water partition coefficient (Wildman–Crippen LogP) is 4.24. The number of carbonyl (C=O) groups excluding carboxylic acids is 1. The van der Waals surface area contributed by atoms with E-state index in [1.165, 1.54) is 30.3 Å². The summed E-state index contributed by atoms with van der Waals surface area (Å²) >= 11 is 0. The van der Waals surface area contributed by atoms with Crippen LogP contribution in [-0.4, -0.2) is 26.1 Å². The van der Waals surface area contributed by atoms with Crippen LogP contribution < -0.4 is 9.46 Å². The lowest BCUT2D eigenvalue weighted by Crippen LogP contribution is -2.16. The minimum absolute atomic E-state index is 0.0291. The Morgan fingerprint density at radius 1 is 1.14 bits per heavy atom. The number of nitrogens with zero attached hydrogens (tertiary/aromatic N) is 1. The molecule has 0 aliphatic carbocycles. The Morgan fingerprint density at radius 2 is 1.94 bits per heavy atom. The van der Waals surface area contributed by atoms with Crippen LogP contribution in [0.4, 0.5) is 11.4 Å². The molecule has 11 heteroatoms. The minimum atomic E-state index is -3.96. The van der Waals surface area contributed by atoms with E-state index in [-0.39, 0.29) is 36.2 Å². The third-order valence-corrected chi connectivity index (χ3v) is 6.73. The number of nitro groups is 1. The SMILES string of the molecule is Cc1cccc(NS(=O)(=O)c2ccc(C)c(C(=O)OCc3cc([N+](=O)[O-])cc4c3OCOC4)c2)c1. The van der Waals surface area contributed by atoms with Gasteiger partial charge in [-0.15, -0.1) is 0 Å². The Bertz CT molecular complexity index is 1420. The van der Waals surface area contributed by atoms with E-state index in [4.69, 9.17) is 14.2 Å². The number of benzene rings is 3. The van der Waals surface area contributed by atoms with E-state index >= 15 is 0 Å². The van der Waals surface area contributed by atoms with Gasteiger partial charge in [-0.1, -0.05) is 18.2 Å². The largest absolute Gasteiger partial charge is 0.467 e. The Hall–Kier alpha value is -3.96. The van der Waals surface area contributed by atoms with Crippen molar-refractivity contribution < 1.29 is 32.3 Å². The van der Waals surface area contributed by atoms with Crippen LogP contribution in [0.3, 0.4) is 0 Å². The van der Waals surface area contributed by atoms with Crippen LogP contribution in [0.25, 0.3) is 0 Å². The first kappa shape index (κ1) is 24.2. The lowest BCUT2D eigenvalue weighted by atomic mass is 10.1. The van der Waals surface area contributed by atoms with E-state index in [2.05, 4.69) is 4.72 Å². The van der Waals surface area contributed by atoms with Crippen LogP contribution in [0.5, 0.6) is 5.75 Å². The summed E-state index contributed by atoms with van der Waals surface area (Å²) in [6.07, 6.45) is 0. The van der Waals surface area contributed by atoms with E-state index in [9.17, 15) is 23.3 Å². The molecular formula is C24H22N2O8S. The Morgan fingerprint density at radius 3 is 2.69 bits per heavy atom. The third-order valence-electron chi connectivity index (χ3n) is 5.35. The van der Waals surface area contributed by atoms with Crippen molar-refractivity contribution in [2.75, 3.05) is 11.5 Å². The number of nitrogens with one attached hydrogen (secondary N) is 1. The van der Waals surface area contributed by atoms with E-state index < -0.39 is 20.9 Å². The molecule has 4 rings (SSSR count). The molecule has 0 radical (unpaired) electrons. The second-order valence-corrected chi connectivity index (χ2v) is 9.67. The first-order valence-electron chi connectivity index (χ1n) is 10.5. The smallest absolute Gasteiger partial charge is 0.338 e. The number of rotatable bonds is 7. The van der Waals surface area contributed by atoms with Gasteiger partial charge in [-0.2, -0.15) is 0 Å². The Balaban J connectivity index is 1.56. The molecule has 0 saturated heterocycles. The summed E-state index contributed by atoms with van der Waals surface area (Å²) in [6.45, 7) is 3.29. The van der Waals surface area contributed by atoms with Crippen molar-refractivity contribution in [2.45, 2.75) is 32.0 Å². The number of esters is 1. The van der Waals surface area contributed by atoms with Gasteiger partial charge in [0.25, 0.3) is 15.7 Å². The van der Waals surface area contributed by atoms with Gasteiger partial charge in [-0.05, 0) is 49.2 Å². The van der Waals surface area contributed by atoms with Crippen LogP contribution in [-0.2, 0) is 32.7 Å². The lowest BCUT2D eigenvalue weighted by Gasteiger charge is -2.20. The van der Waals surface area contributed by atoms with Crippen LogP contribution in [0.15, 0.2) is 59.5 Å². The van der Waals surface area contributed by atoms with E-state index in [0.29, 0.717) is 28.1 Å². The topological polar surface area (TPSA) is 134 Å². The molecule has 3 aromatic rings. The summed E-state index contributed by atoms with van der Waals surface area (Å²) in [5, 5.41) is 11.3. The maximum atomic E-state index is 12.9. The van der Waals surface area contributed by atoms with Crippen molar-refractivity contribution in [1.82, 2.24) is 0 Å². The highest BCUT2D eigenvalue weighted by molar-refractivity contribution is 7.92. The number of fused-ring (bicyclic) bond motifs is 1. The minimum Gasteiger partial charge on any atom is -0.467 e. The van der Waals surface area contributed by atoms with Gasteiger partial charge < -0.3 is 14.2 Å². The van der Waals surface area contributed by atoms with Crippen LogP contribution in [0, 0.1) is 24.0 Å². The zero-order valence-electron chi connectivity index (χ0n) is 18.9. The van der Waals surface area contributed by atoms with Gasteiger partial charge >= 0.3 is 5.97 Å². The summed E-state index contributed by atoms with van der Waals surface area (Å²) in [5.41, 5.74) is 2.45. The molecule has 1 heterocycles. The van der Waals surface area contributed by atoms with Crippen molar-refractivity contribution in [3.8, 4) is 5.75 Å². The fraction of sp³-hybridized carbons (Fsp3) is 0.208. The number of nitro benzene ring substituents is 1.